The van der Waals surface area contributed by atoms with Gasteiger partial charge in [0.1, 0.15) is 0 Å². The fourth-order valence-corrected chi connectivity index (χ4v) is 3.32. The van der Waals surface area contributed by atoms with Crippen molar-refractivity contribution in [2.75, 3.05) is 19.7 Å². The summed E-state index contributed by atoms with van der Waals surface area (Å²) in [6, 6.07) is 0.776. The molecule has 0 spiro atoms. The number of hydrazine groups is 1. The lowest BCUT2D eigenvalue weighted by molar-refractivity contribution is -0.0644. The van der Waals surface area contributed by atoms with E-state index in [0.29, 0.717) is 6.04 Å². The minimum absolute atomic E-state index is 0.144. The van der Waals surface area contributed by atoms with Crippen LogP contribution in [0.3, 0.4) is 0 Å². The van der Waals surface area contributed by atoms with Gasteiger partial charge < -0.3 is 4.74 Å². The Bertz CT molecular complexity index is 435. The second kappa shape index (κ2) is 6.22. The summed E-state index contributed by atoms with van der Waals surface area (Å²) >= 11 is 0. The Balaban J connectivity index is 1.61. The molecule has 3 atom stereocenters. The van der Waals surface area contributed by atoms with E-state index in [4.69, 9.17) is 10.6 Å². The lowest BCUT2D eigenvalue weighted by atomic mass is 10.0. The first-order valence-corrected chi connectivity index (χ1v) is 7.63. The second-order valence-electron chi connectivity index (χ2n) is 5.84. The minimum Gasteiger partial charge on any atom is -0.374 e. The van der Waals surface area contributed by atoms with Crippen LogP contribution in [0.15, 0.2) is 12.4 Å². The third-order valence-electron chi connectivity index (χ3n) is 4.55. The first-order valence-electron chi connectivity index (χ1n) is 7.63. The van der Waals surface area contributed by atoms with Gasteiger partial charge in [-0.2, -0.15) is 5.10 Å². The zero-order valence-electron chi connectivity index (χ0n) is 12.2. The van der Waals surface area contributed by atoms with Gasteiger partial charge in [0.25, 0.3) is 0 Å². The molecule has 0 amide bonds. The Labute approximate surface area is 120 Å². The SMILES string of the molecule is CCn1cc(CC(NN)C2CN3CCCC3CO2)cn1. The standard InChI is InChI=1S/C14H25N5O/c1-2-19-8-11(7-16-19)6-13(17-15)14-9-18-5-3-4-12(18)10-20-14/h7-8,12-14,17H,2-6,9-10,15H2,1H3. The average molecular weight is 279 g/mol. The van der Waals surface area contributed by atoms with Gasteiger partial charge in [0, 0.05) is 25.3 Å². The predicted molar refractivity (Wildman–Crippen MR) is 77.1 cm³/mol. The Morgan fingerprint density at radius 3 is 3.25 bits per heavy atom. The first kappa shape index (κ1) is 14.0. The first-order chi connectivity index (χ1) is 9.80. The van der Waals surface area contributed by atoms with E-state index in [1.807, 2.05) is 10.9 Å². The Kier molecular flexibility index (Phi) is 4.35. The van der Waals surface area contributed by atoms with Crippen molar-refractivity contribution in [2.45, 2.75) is 50.9 Å². The summed E-state index contributed by atoms with van der Waals surface area (Å²) in [5.74, 6) is 5.75. The number of hydrogen-bond donors (Lipinski definition) is 2. The topological polar surface area (TPSA) is 68.3 Å². The van der Waals surface area contributed by atoms with E-state index in [-0.39, 0.29) is 12.1 Å². The summed E-state index contributed by atoms with van der Waals surface area (Å²) in [6.07, 6.45) is 7.61. The number of morpholine rings is 1. The fraction of sp³-hybridized carbons (Fsp3) is 0.786. The Morgan fingerprint density at radius 1 is 1.60 bits per heavy atom. The van der Waals surface area contributed by atoms with Crippen LogP contribution in [-0.4, -0.2) is 52.6 Å². The van der Waals surface area contributed by atoms with Crippen molar-refractivity contribution < 1.29 is 4.74 Å². The Hall–Kier alpha value is -0.950. The normalized spacial score (nSPS) is 28.5. The lowest BCUT2D eigenvalue weighted by Gasteiger charge is -2.38. The third-order valence-corrected chi connectivity index (χ3v) is 4.55. The van der Waals surface area contributed by atoms with Gasteiger partial charge >= 0.3 is 0 Å². The number of fused-ring (bicyclic) bond motifs is 1. The zero-order chi connectivity index (χ0) is 13.9. The molecule has 112 valence electrons. The summed E-state index contributed by atoms with van der Waals surface area (Å²) < 4.78 is 7.98. The van der Waals surface area contributed by atoms with E-state index in [0.717, 1.165) is 26.1 Å². The number of rotatable bonds is 5. The van der Waals surface area contributed by atoms with E-state index in [1.54, 1.807) is 0 Å². The van der Waals surface area contributed by atoms with Crippen LogP contribution >= 0.6 is 0 Å². The van der Waals surface area contributed by atoms with Gasteiger partial charge in [0.15, 0.2) is 0 Å². The van der Waals surface area contributed by atoms with Crippen molar-refractivity contribution in [3.8, 4) is 0 Å². The van der Waals surface area contributed by atoms with Crippen LogP contribution in [0.2, 0.25) is 0 Å². The molecule has 3 rings (SSSR count). The maximum atomic E-state index is 6.04. The van der Waals surface area contributed by atoms with E-state index in [9.17, 15) is 0 Å². The van der Waals surface area contributed by atoms with Crippen LogP contribution in [0.5, 0.6) is 0 Å². The van der Waals surface area contributed by atoms with Gasteiger partial charge in [-0.1, -0.05) is 0 Å². The highest BCUT2D eigenvalue weighted by atomic mass is 16.5. The smallest absolute Gasteiger partial charge is 0.0872 e. The van der Waals surface area contributed by atoms with Gasteiger partial charge in [0.2, 0.25) is 0 Å². The predicted octanol–water partition coefficient (Wildman–Crippen LogP) is 0.141. The molecular weight excluding hydrogens is 254 g/mol. The highest BCUT2D eigenvalue weighted by molar-refractivity contribution is 5.07. The number of hydrogen-bond acceptors (Lipinski definition) is 5. The fourth-order valence-electron chi connectivity index (χ4n) is 3.32. The molecule has 0 saturated carbocycles. The largest absolute Gasteiger partial charge is 0.374 e. The van der Waals surface area contributed by atoms with Crippen molar-refractivity contribution >= 4 is 0 Å². The summed E-state index contributed by atoms with van der Waals surface area (Å²) in [7, 11) is 0. The van der Waals surface area contributed by atoms with Gasteiger partial charge in [-0.15, -0.1) is 0 Å². The van der Waals surface area contributed by atoms with Crippen molar-refractivity contribution in [2.24, 2.45) is 5.84 Å². The summed E-state index contributed by atoms with van der Waals surface area (Å²) in [5, 5.41) is 4.32. The van der Waals surface area contributed by atoms with Crippen molar-refractivity contribution in [1.29, 1.82) is 0 Å². The minimum atomic E-state index is 0.144. The monoisotopic (exact) mass is 279 g/mol. The van der Waals surface area contributed by atoms with Gasteiger partial charge in [-0.05, 0) is 38.3 Å². The molecule has 2 fully saturated rings. The zero-order valence-corrected chi connectivity index (χ0v) is 12.2. The Morgan fingerprint density at radius 2 is 2.50 bits per heavy atom. The molecule has 3 unspecified atom stereocenters. The molecule has 0 aromatic carbocycles. The number of aryl methyl sites for hydroxylation is 1. The van der Waals surface area contributed by atoms with Crippen LogP contribution in [0.25, 0.3) is 0 Å². The molecule has 2 aliphatic heterocycles. The van der Waals surface area contributed by atoms with Crippen molar-refractivity contribution in [3.63, 3.8) is 0 Å². The van der Waals surface area contributed by atoms with E-state index < -0.39 is 0 Å². The van der Waals surface area contributed by atoms with Gasteiger partial charge in [-0.25, -0.2) is 0 Å². The molecule has 0 aliphatic carbocycles. The van der Waals surface area contributed by atoms with Crippen molar-refractivity contribution in [1.82, 2.24) is 20.1 Å². The molecular formula is C14H25N5O. The number of ether oxygens (including phenoxy) is 1. The van der Waals surface area contributed by atoms with Crippen LogP contribution in [-0.2, 0) is 17.7 Å². The third kappa shape index (κ3) is 2.88. The quantitative estimate of drug-likeness (QED) is 0.593. The molecule has 0 radical (unpaired) electrons. The highest BCUT2D eigenvalue weighted by Gasteiger charge is 2.35. The van der Waals surface area contributed by atoms with Crippen LogP contribution in [0.4, 0.5) is 0 Å². The maximum absolute atomic E-state index is 6.04. The molecule has 20 heavy (non-hydrogen) atoms. The van der Waals surface area contributed by atoms with Gasteiger partial charge in [0.05, 0.1) is 24.9 Å². The van der Waals surface area contributed by atoms with Crippen molar-refractivity contribution in [3.05, 3.63) is 18.0 Å². The molecule has 0 bridgehead atoms. The molecule has 3 N–H and O–H groups in total. The second-order valence-corrected chi connectivity index (χ2v) is 5.84. The maximum Gasteiger partial charge on any atom is 0.0872 e. The molecule has 2 aliphatic rings. The summed E-state index contributed by atoms with van der Waals surface area (Å²) in [4.78, 5) is 2.55. The number of aromatic nitrogens is 2. The molecule has 6 heteroatoms. The van der Waals surface area contributed by atoms with Crippen LogP contribution in [0.1, 0.15) is 25.3 Å². The number of nitrogens with one attached hydrogen (secondary N) is 1. The molecule has 1 aromatic heterocycles. The molecule has 2 saturated heterocycles. The van der Waals surface area contributed by atoms with E-state index in [1.165, 1.54) is 24.9 Å². The van der Waals surface area contributed by atoms with E-state index in [2.05, 4.69) is 28.5 Å². The molecule has 1 aromatic rings. The average Bonchev–Trinajstić information content (AvgIpc) is 3.12. The van der Waals surface area contributed by atoms with Gasteiger partial charge in [-0.3, -0.25) is 20.9 Å². The number of nitrogens with two attached hydrogens (primary N) is 1. The molecule has 3 heterocycles. The van der Waals surface area contributed by atoms with E-state index >= 15 is 0 Å². The lowest BCUT2D eigenvalue weighted by Crippen LogP contribution is -2.56. The summed E-state index contributed by atoms with van der Waals surface area (Å²) in [5.41, 5.74) is 4.15. The molecule has 6 nitrogen and oxygen atoms in total. The highest BCUT2D eigenvalue weighted by Crippen LogP contribution is 2.24. The van der Waals surface area contributed by atoms with Crippen LogP contribution < -0.4 is 11.3 Å². The summed E-state index contributed by atoms with van der Waals surface area (Å²) in [6.45, 7) is 6.03. The number of nitrogens with zero attached hydrogens (tertiary/aromatic N) is 3. The van der Waals surface area contributed by atoms with Crippen LogP contribution in [0, 0.1) is 0 Å².